The van der Waals surface area contributed by atoms with E-state index >= 15 is 0 Å². The summed E-state index contributed by atoms with van der Waals surface area (Å²) in [6.07, 6.45) is 1.79. The predicted molar refractivity (Wildman–Crippen MR) is 74.6 cm³/mol. The summed E-state index contributed by atoms with van der Waals surface area (Å²) in [6, 6.07) is 6.12. The standard InChI is InChI=1S/C14H21N3O/c1-10-4-3-5-12(13(10)15)17-8-6-11(7-9-17)14(18)16-2/h3-5,11H,6-9,15H2,1-2H3,(H,16,18). The number of carbonyl (C=O) groups excluding carboxylic acids is 1. The van der Waals surface area contributed by atoms with Crippen molar-refractivity contribution in [3.8, 4) is 0 Å². The molecule has 98 valence electrons. The van der Waals surface area contributed by atoms with Crippen LogP contribution in [0.15, 0.2) is 18.2 Å². The summed E-state index contributed by atoms with van der Waals surface area (Å²) in [4.78, 5) is 13.9. The van der Waals surface area contributed by atoms with E-state index in [0.717, 1.165) is 42.9 Å². The summed E-state index contributed by atoms with van der Waals surface area (Å²) >= 11 is 0. The first-order valence-electron chi connectivity index (χ1n) is 6.45. The van der Waals surface area contributed by atoms with Crippen molar-refractivity contribution < 1.29 is 4.79 Å². The summed E-state index contributed by atoms with van der Waals surface area (Å²) in [5, 5.41) is 2.73. The average Bonchev–Trinajstić information content (AvgIpc) is 2.41. The molecule has 18 heavy (non-hydrogen) atoms. The third kappa shape index (κ3) is 2.42. The number of hydrogen-bond donors (Lipinski definition) is 2. The van der Waals surface area contributed by atoms with Crippen molar-refractivity contribution in [1.82, 2.24) is 5.32 Å². The van der Waals surface area contributed by atoms with Crippen LogP contribution in [0.25, 0.3) is 0 Å². The highest BCUT2D eigenvalue weighted by molar-refractivity contribution is 5.79. The number of nitrogens with one attached hydrogen (secondary N) is 1. The zero-order valence-corrected chi connectivity index (χ0v) is 11.1. The summed E-state index contributed by atoms with van der Waals surface area (Å²) < 4.78 is 0. The van der Waals surface area contributed by atoms with Gasteiger partial charge in [-0.3, -0.25) is 4.79 Å². The van der Waals surface area contributed by atoms with E-state index in [2.05, 4.69) is 16.3 Å². The van der Waals surface area contributed by atoms with Gasteiger partial charge in [0.05, 0.1) is 11.4 Å². The van der Waals surface area contributed by atoms with Gasteiger partial charge in [0, 0.05) is 26.1 Å². The zero-order valence-electron chi connectivity index (χ0n) is 11.1. The largest absolute Gasteiger partial charge is 0.397 e. The molecule has 1 aliphatic heterocycles. The van der Waals surface area contributed by atoms with E-state index in [1.165, 1.54) is 0 Å². The number of nitrogens with zero attached hydrogens (tertiary/aromatic N) is 1. The lowest BCUT2D eigenvalue weighted by atomic mass is 9.95. The lowest BCUT2D eigenvalue weighted by Gasteiger charge is -2.33. The Balaban J connectivity index is 2.06. The van der Waals surface area contributed by atoms with Crippen molar-refractivity contribution in [1.29, 1.82) is 0 Å². The number of nitrogens with two attached hydrogens (primary N) is 1. The highest BCUT2D eigenvalue weighted by Crippen LogP contribution is 2.29. The molecule has 1 aromatic carbocycles. The van der Waals surface area contributed by atoms with Crippen LogP contribution in [0.3, 0.4) is 0 Å². The van der Waals surface area contributed by atoms with E-state index in [1.807, 2.05) is 19.1 Å². The molecule has 1 aromatic rings. The fourth-order valence-electron chi connectivity index (χ4n) is 2.53. The van der Waals surface area contributed by atoms with Crippen LogP contribution in [0.4, 0.5) is 11.4 Å². The normalized spacial score (nSPS) is 16.7. The van der Waals surface area contributed by atoms with Crippen molar-refractivity contribution in [2.45, 2.75) is 19.8 Å². The minimum absolute atomic E-state index is 0.150. The lowest BCUT2D eigenvalue weighted by molar-refractivity contribution is -0.125. The summed E-state index contributed by atoms with van der Waals surface area (Å²) in [7, 11) is 1.70. The number of nitrogen functional groups attached to an aromatic ring is 1. The van der Waals surface area contributed by atoms with Crippen molar-refractivity contribution in [3.05, 3.63) is 23.8 Å². The minimum Gasteiger partial charge on any atom is -0.397 e. The van der Waals surface area contributed by atoms with E-state index in [-0.39, 0.29) is 11.8 Å². The molecular formula is C14H21N3O. The number of carbonyl (C=O) groups is 1. The molecule has 0 radical (unpaired) electrons. The van der Waals surface area contributed by atoms with Crippen LogP contribution in [0.1, 0.15) is 18.4 Å². The van der Waals surface area contributed by atoms with Gasteiger partial charge in [-0.25, -0.2) is 0 Å². The third-order valence-electron chi connectivity index (χ3n) is 3.75. The summed E-state index contributed by atoms with van der Waals surface area (Å²) in [6.45, 7) is 3.81. The summed E-state index contributed by atoms with van der Waals surface area (Å²) in [5.74, 6) is 0.309. The maximum Gasteiger partial charge on any atom is 0.222 e. The molecule has 0 bridgehead atoms. The second-order valence-electron chi connectivity index (χ2n) is 4.88. The van der Waals surface area contributed by atoms with E-state index < -0.39 is 0 Å². The summed E-state index contributed by atoms with van der Waals surface area (Å²) in [5.41, 5.74) is 9.18. The number of rotatable bonds is 2. The Kier molecular flexibility index (Phi) is 3.75. The number of benzene rings is 1. The molecule has 4 heteroatoms. The maximum atomic E-state index is 11.6. The molecule has 1 fully saturated rings. The fourth-order valence-corrected chi connectivity index (χ4v) is 2.53. The zero-order chi connectivity index (χ0) is 13.1. The first-order chi connectivity index (χ1) is 8.63. The van der Waals surface area contributed by atoms with Gasteiger partial charge in [-0.1, -0.05) is 12.1 Å². The quantitative estimate of drug-likeness (QED) is 0.779. The maximum absolute atomic E-state index is 11.6. The highest BCUT2D eigenvalue weighted by Gasteiger charge is 2.25. The smallest absolute Gasteiger partial charge is 0.222 e. The molecule has 0 atom stereocenters. The molecule has 3 N–H and O–H groups in total. The monoisotopic (exact) mass is 247 g/mol. The molecule has 0 aliphatic carbocycles. The van der Waals surface area contributed by atoms with Crippen LogP contribution in [0.5, 0.6) is 0 Å². The molecule has 1 heterocycles. The number of amides is 1. The highest BCUT2D eigenvalue weighted by atomic mass is 16.1. The molecule has 0 saturated carbocycles. The molecule has 1 aliphatic rings. The first kappa shape index (κ1) is 12.7. The number of para-hydroxylation sites is 1. The van der Waals surface area contributed by atoms with Gasteiger partial charge in [0.2, 0.25) is 5.91 Å². The van der Waals surface area contributed by atoms with Crippen molar-refractivity contribution in [3.63, 3.8) is 0 Å². The van der Waals surface area contributed by atoms with Crippen molar-refractivity contribution >= 4 is 17.3 Å². The molecular weight excluding hydrogens is 226 g/mol. The second-order valence-corrected chi connectivity index (χ2v) is 4.88. The molecule has 0 unspecified atom stereocenters. The van der Waals surface area contributed by atoms with E-state index in [0.29, 0.717) is 0 Å². The topological polar surface area (TPSA) is 58.4 Å². The van der Waals surface area contributed by atoms with Gasteiger partial charge in [-0.05, 0) is 31.4 Å². The van der Waals surface area contributed by atoms with Crippen molar-refractivity contribution in [2.75, 3.05) is 30.8 Å². The Morgan fingerprint density at radius 2 is 2.06 bits per heavy atom. The van der Waals surface area contributed by atoms with Crippen molar-refractivity contribution in [2.24, 2.45) is 5.92 Å². The van der Waals surface area contributed by atoms with Crippen LogP contribution in [0.2, 0.25) is 0 Å². The van der Waals surface area contributed by atoms with Gasteiger partial charge in [-0.2, -0.15) is 0 Å². The minimum atomic E-state index is 0.150. The van der Waals surface area contributed by atoms with Gasteiger partial charge in [-0.15, -0.1) is 0 Å². The second kappa shape index (κ2) is 5.29. The SMILES string of the molecule is CNC(=O)C1CCN(c2cccc(C)c2N)CC1. The van der Waals surface area contributed by atoms with Crippen LogP contribution in [-0.2, 0) is 4.79 Å². The third-order valence-corrected chi connectivity index (χ3v) is 3.75. The van der Waals surface area contributed by atoms with E-state index in [9.17, 15) is 4.79 Å². The number of anilines is 2. The van der Waals surface area contributed by atoms with Gasteiger partial charge in [0.25, 0.3) is 0 Å². The Bertz CT molecular complexity index is 437. The number of hydrogen-bond acceptors (Lipinski definition) is 3. The number of aryl methyl sites for hydroxylation is 1. The van der Waals surface area contributed by atoms with Gasteiger partial charge >= 0.3 is 0 Å². The Morgan fingerprint density at radius 3 is 2.67 bits per heavy atom. The predicted octanol–water partition coefficient (Wildman–Crippen LogP) is 1.54. The van der Waals surface area contributed by atoms with E-state index in [4.69, 9.17) is 5.73 Å². The van der Waals surface area contributed by atoms with Gasteiger partial charge < -0.3 is 16.0 Å². The van der Waals surface area contributed by atoms with Crippen LogP contribution in [-0.4, -0.2) is 26.0 Å². The Labute approximate surface area is 108 Å². The van der Waals surface area contributed by atoms with Crippen LogP contribution in [0, 0.1) is 12.8 Å². The van der Waals surface area contributed by atoms with Crippen LogP contribution >= 0.6 is 0 Å². The molecule has 1 saturated heterocycles. The molecule has 2 rings (SSSR count). The van der Waals surface area contributed by atoms with E-state index in [1.54, 1.807) is 7.05 Å². The Hall–Kier alpha value is -1.71. The number of piperidine rings is 1. The molecule has 0 spiro atoms. The Morgan fingerprint density at radius 1 is 1.39 bits per heavy atom. The molecule has 4 nitrogen and oxygen atoms in total. The van der Waals surface area contributed by atoms with Gasteiger partial charge in [0.15, 0.2) is 0 Å². The molecule has 0 aromatic heterocycles. The van der Waals surface area contributed by atoms with Gasteiger partial charge in [0.1, 0.15) is 0 Å². The average molecular weight is 247 g/mol. The van der Waals surface area contributed by atoms with Crippen LogP contribution < -0.4 is 16.0 Å². The lowest BCUT2D eigenvalue weighted by Crippen LogP contribution is -2.39. The fraction of sp³-hybridized carbons (Fsp3) is 0.500. The molecule has 1 amide bonds. The first-order valence-corrected chi connectivity index (χ1v) is 6.45.